The number of hydrogen-bond donors (Lipinski definition) is 1. The van der Waals surface area contributed by atoms with Crippen molar-refractivity contribution in [3.8, 4) is 5.88 Å². The van der Waals surface area contributed by atoms with Crippen molar-refractivity contribution in [3.05, 3.63) is 59.8 Å². The number of pyridine rings is 1. The van der Waals surface area contributed by atoms with Crippen LogP contribution in [0.4, 0.5) is 4.79 Å². The number of nitrogens with one attached hydrogen (secondary N) is 1. The van der Waals surface area contributed by atoms with E-state index < -0.39 is 0 Å². The number of urea groups is 1. The molecule has 1 aliphatic heterocycles. The number of nitrogens with zero attached hydrogens (tertiary/aromatic N) is 2. The number of carbonyl (C=O) groups is 1. The van der Waals surface area contributed by atoms with Gasteiger partial charge in [-0.2, -0.15) is 0 Å². The maximum atomic E-state index is 12.2. The number of rotatable bonds is 5. The first-order valence-corrected chi connectivity index (χ1v) is 8.37. The van der Waals surface area contributed by atoms with E-state index in [4.69, 9.17) is 4.74 Å². The number of benzene rings is 1. The zero-order valence-electron chi connectivity index (χ0n) is 13.9. The second kappa shape index (κ2) is 7.81. The van der Waals surface area contributed by atoms with Gasteiger partial charge < -0.3 is 15.0 Å². The second-order valence-corrected chi connectivity index (χ2v) is 6.12. The molecule has 1 aliphatic rings. The highest BCUT2D eigenvalue weighted by Gasteiger charge is 2.27. The van der Waals surface area contributed by atoms with Gasteiger partial charge in [-0.25, -0.2) is 9.78 Å². The van der Waals surface area contributed by atoms with Crippen LogP contribution in [0.5, 0.6) is 5.88 Å². The van der Waals surface area contributed by atoms with Crippen LogP contribution in [0.3, 0.4) is 0 Å². The Labute approximate surface area is 142 Å². The van der Waals surface area contributed by atoms with Crippen LogP contribution in [0.25, 0.3) is 0 Å². The largest absolute Gasteiger partial charge is 0.472 e. The van der Waals surface area contributed by atoms with Crippen LogP contribution >= 0.6 is 0 Å². The SMILES string of the molecule is Cc1ccc(OC2CCN(C(=O)NCCc3ccccc3)C2)nc1. The van der Waals surface area contributed by atoms with Gasteiger partial charge in [0, 0.05) is 31.8 Å². The molecule has 1 unspecified atom stereocenters. The van der Waals surface area contributed by atoms with Crippen LogP contribution in [0, 0.1) is 6.92 Å². The number of aromatic nitrogens is 1. The molecule has 1 atom stereocenters. The van der Waals surface area contributed by atoms with E-state index in [0.29, 0.717) is 25.5 Å². The monoisotopic (exact) mass is 325 g/mol. The molecule has 5 nitrogen and oxygen atoms in total. The van der Waals surface area contributed by atoms with Crippen LogP contribution in [0.2, 0.25) is 0 Å². The van der Waals surface area contributed by atoms with Crippen molar-refractivity contribution in [1.29, 1.82) is 0 Å². The predicted molar refractivity (Wildman–Crippen MR) is 93.1 cm³/mol. The number of ether oxygens (including phenoxy) is 1. The van der Waals surface area contributed by atoms with Crippen LogP contribution in [0.1, 0.15) is 17.5 Å². The van der Waals surface area contributed by atoms with Crippen molar-refractivity contribution in [2.24, 2.45) is 0 Å². The third-order valence-corrected chi connectivity index (χ3v) is 4.14. The topological polar surface area (TPSA) is 54.5 Å². The smallest absolute Gasteiger partial charge is 0.317 e. The molecule has 2 aromatic rings. The lowest BCUT2D eigenvalue weighted by Crippen LogP contribution is -2.40. The number of aryl methyl sites for hydroxylation is 1. The van der Waals surface area contributed by atoms with Crippen molar-refractivity contribution in [1.82, 2.24) is 15.2 Å². The zero-order valence-corrected chi connectivity index (χ0v) is 13.9. The standard InChI is InChI=1S/C19H23N3O2/c1-15-7-8-18(21-13-15)24-17-10-12-22(14-17)19(23)20-11-9-16-5-3-2-4-6-16/h2-8,13,17H,9-12,14H2,1H3,(H,20,23). The minimum atomic E-state index is -0.0195. The highest BCUT2D eigenvalue weighted by atomic mass is 16.5. The van der Waals surface area contributed by atoms with E-state index >= 15 is 0 Å². The lowest BCUT2D eigenvalue weighted by molar-refractivity contribution is 0.183. The molecule has 0 radical (unpaired) electrons. The second-order valence-electron chi connectivity index (χ2n) is 6.12. The molecule has 3 rings (SSSR count). The highest BCUT2D eigenvalue weighted by molar-refractivity contribution is 5.74. The average Bonchev–Trinajstić information content (AvgIpc) is 3.06. The van der Waals surface area contributed by atoms with Gasteiger partial charge in [-0.1, -0.05) is 36.4 Å². The fourth-order valence-corrected chi connectivity index (χ4v) is 2.77. The van der Waals surface area contributed by atoms with Crippen LogP contribution < -0.4 is 10.1 Å². The Hall–Kier alpha value is -2.56. The summed E-state index contributed by atoms with van der Waals surface area (Å²) in [5, 5.41) is 2.98. The van der Waals surface area contributed by atoms with E-state index in [9.17, 15) is 4.79 Å². The Morgan fingerprint density at radius 2 is 2.12 bits per heavy atom. The van der Waals surface area contributed by atoms with Crippen LogP contribution in [0.15, 0.2) is 48.7 Å². The molecule has 24 heavy (non-hydrogen) atoms. The molecular weight excluding hydrogens is 302 g/mol. The van der Waals surface area contributed by atoms with Crippen molar-refractivity contribution in [2.45, 2.75) is 25.9 Å². The minimum absolute atomic E-state index is 0.0140. The maximum Gasteiger partial charge on any atom is 0.317 e. The van der Waals surface area contributed by atoms with Gasteiger partial charge in [0.25, 0.3) is 0 Å². The van der Waals surface area contributed by atoms with E-state index in [-0.39, 0.29) is 12.1 Å². The molecule has 2 amide bonds. The summed E-state index contributed by atoms with van der Waals surface area (Å²) in [6.45, 7) is 3.96. The normalized spacial score (nSPS) is 16.9. The van der Waals surface area contributed by atoms with E-state index in [1.807, 2.05) is 42.2 Å². The van der Waals surface area contributed by atoms with Crippen molar-refractivity contribution >= 4 is 6.03 Å². The van der Waals surface area contributed by atoms with Crippen LogP contribution in [-0.4, -0.2) is 41.7 Å². The molecule has 1 saturated heterocycles. The van der Waals surface area contributed by atoms with Gasteiger partial charge in [0.1, 0.15) is 6.10 Å². The fourth-order valence-electron chi connectivity index (χ4n) is 2.77. The third-order valence-electron chi connectivity index (χ3n) is 4.14. The first-order valence-electron chi connectivity index (χ1n) is 8.37. The molecule has 0 aliphatic carbocycles. The molecule has 0 spiro atoms. The summed E-state index contributed by atoms with van der Waals surface area (Å²) in [7, 11) is 0. The summed E-state index contributed by atoms with van der Waals surface area (Å²) in [6, 6.07) is 14.0. The highest BCUT2D eigenvalue weighted by Crippen LogP contribution is 2.16. The van der Waals surface area contributed by atoms with E-state index in [1.165, 1.54) is 5.56 Å². The van der Waals surface area contributed by atoms with Gasteiger partial charge in [-0.3, -0.25) is 0 Å². The summed E-state index contributed by atoms with van der Waals surface area (Å²) in [4.78, 5) is 18.3. The molecule has 1 aromatic heterocycles. The molecule has 1 N–H and O–H groups in total. The number of carbonyl (C=O) groups excluding carboxylic acids is 1. The van der Waals surface area contributed by atoms with Gasteiger partial charge in [0.2, 0.25) is 5.88 Å². The maximum absolute atomic E-state index is 12.2. The van der Waals surface area contributed by atoms with Crippen molar-refractivity contribution < 1.29 is 9.53 Å². The Bertz CT molecular complexity index is 658. The van der Waals surface area contributed by atoms with Crippen LogP contribution in [-0.2, 0) is 6.42 Å². The van der Waals surface area contributed by atoms with Crippen molar-refractivity contribution in [2.75, 3.05) is 19.6 Å². The third kappa shape index (κ3) is 4.47. The lowest BCUT2D eigenvalue weighted by Gasteiger charge is -2.17. The Morgan fingerprint density at radius 3 is 2.88 bits per heavy atom. The van der Waals surface area contributed by atoms with E-state index in [1.54, 1.807) is 6.20 Å². The zero-order chi connectivity index (χ0) is 16.8. The minimum Gasteiger partial charge on any atom is -0.472 e. The van der Waals surface area contributed by atoms with Gasteiger partial charge in [-0.15, -0.1) is 0 Å². The van der Waals surface area contributed by atoms with Gasteiger partial charge >= 0.3 is 6.03 Å². The molecular formula is C19H23N3O2. The van der Waals surface area contributed by atoms with Gasteiger partial charge in [0.15, 0.2) is 0 Å². The molecule has 0 bridgehead atoms. The summed E-state index contributed by atoms with van der Waals surface area (Å²) in [5.41, 5.74) is 2.33. The predicted octanol–water partition coefficient (Wildman–Crippen LogP) is 2.80. The average molecular weight is 325 g/mol. The van der Waals surface area contributed by atoms with E-state index in [0.717, 1.165) is 18.4 Å². The lowest BCUT2D eigenvalue weighted by atomic mass is 10.1. The van der Waals surface area contributed by atoms with Crippen molar-refractivity contribution in [3.63, 3.8) is 0 Å². The quantitative estimate of drug-likeness (QED) is 0.920. The molecule has 1 fully saturated rings. The first kappa shape index (κ1) is 16.3. The summed E-state index contributed by atoms with van der Waals surface area (Å²) >= 11 is 0. The number of likely N-dealkylation sites (tertiary alicyclic amines) is 1. The number of amides is 2. The Kier molecular flexibility index (Phi) is 5.31. The van der Waals surface area contributed by atoms with E-state index in [2.05, 4.69) is 22.4 Å². The Balaban J connectivity index is 1.41. The Morgan fingerprint density at radius 1 is 1.29 bits per heavy atom. The van der Waals surface area contributed by atoms with Gasteiger partial charge in [0.05, 0.1) is 6.54 Å². The number of hydrogen-bond acceptors (Lipinski definition) is 3. The fraction of sp³-hybridized carbons (Fsp3) is 0.368. The molecule has 1 aromatic carbocycles. The summed E-state index contributed by atoms with van der Waals surface area (Å²) in [6.07, 6.45) is 3.48. The van der Waals surface area contributed by atoms with Gasteiger partial charge in [-0.05, 0) is 24.5 Å². The first-order chi connectivity index (χ1) is 11.7. The molecule has 2 heterocycles. The summed E-state index contributed by atoms with van der Waals surface area (Å²) < 4.78 is 5.85. The molecule has 5 heteroatoms. The summed E-state index contributed by atoms with van der Waals surface area (Å²) in [5.74, 6) is 0.622. The molecule has 0 saturated carbocycles. The molecule has 126 valence electrons.